The second kappa shape index (κ2) is 16.1. The minimum absolute atomic E-state index is 0.00322. The van der Waals surface area contributed by atoms with Gasteiger partial charge in [-0.1, -0.05) is 47.5 Å². The van der Waals surface area contributed by atoms with Gasteiger partial charge in [-0.25, -0.2) is 4.98 Å². The maximum atomic E-state index is 13.1. The number of anilines is 2. The highest BCUT2D eigenvalue weighted by Crippen LogP contribution is 2.37. The summed E-state index contributed by atoms with van der Waals surface area (Å²) in [6, 6.07) is 23.8. The number of para-hydroxylation sites is 1. The number of hydrogen-bond donors (Lipinski definition) is 1. The number of nitrogens with zero attached hydrogens (tertiary/aromatic N) is 4. The summed E-state index contributed by atoms with van der Waals surface area (Å²) in [6.07, 6.45) is 6.13. The minimum atomic E-state index is -0.434. The van der Waals surface area contributed by atoms with Crippen molar-refractivity contribution in [3.63, 3.8) is 0 Å². The molecule has 3 aromatic carbocycles. The molecule has 1 N–H and O–H groups in total. The summed E-state index contributed by atoms with van der Waals surface area (Å²) in [7, 11) is 1.57. The van der Waals surface area contributed by atoms with E-state index in [1.165, 1.54) is 11.0 Å². The van der Waals surface area contributed by atoms with Crippen molar-refractivity contribution in [1.29, 1.82) is 0 Å². The highest BCUT2D eigenvalue weighted by atomic mass is 35.5. The first-order chi connectivity index (χ1) is 24.7. The van der Waals surface area contributed by atoms with Gasteiger partial charge in [-0.15, -0.1) is 0 Å². The number of pyridine rings is 2. The third kappa shape index (κ3) is 8.48. The van der Waals surface area contributed by atoms with Crippen molar-refractivity contribution in [2.75, 3.05) is 29.9 Å². The molecular formula is C39H35Cl2N5O5. The van der Waals surface area contributed by atoms with Crippen LogP contribution in [0, 0.1) is 6.92 Å². The largest absolute Gasteiger partial charge is 0.487 e. The third-order valence-corrected chi connectivity index (χ3v) is 9.16. The molecule has 0 saturated carbocycles. The van der Waals surface area contributed by atoms with Crippen LogP contribution in [0.15, 0.2) is 91.1 Å². The van der Waals surface area contributed by atoms with Crippen LogP contribution in [0.3, 0.4) is 0 Å². The molecule has 0 bridgehead atoms. The van der Waals surface area contributed by atoms with E-state index in [2.05, 4.69) is 10.3 Å². The van der Waals surface area contributed by atoms with Crippen LogP contribution in [0.4, 0.5) is 11.4 Å². The molecule has 3 heterocycles. The highest BCUT2D eigenvalue weighted by molar-refractivity contribution is 6.38. The molecule has 2 aromatic heterocycles. The van der Waals surface area contributed by atoms with E-state index in [0.29, 0.717) is 52.9 Å². The molecule has 1 saturated heterocycles. The molecule has 1 fully saturated rings. The molecule has 1 aliphatic heterocycles. The molecule has 260 valence electrons. The summed E-state index contributed by atoms with van der Waals surface area (Å²) in [5, 5.41) is 4.00. The first kappa shape index (κ1) is 35.4. The number of ether oxygens (including phenoxy) is 2. The van der Waals surface area contributed by atoms with Gasteiger partial charge in [0.1, 0.15) is 30.2 Å². The molecule has 0 spiro atoms. The Morgan fingerprint density at radius 1 is 0.980 bits per heavy atom. The molecule has 0 unspecified atom stereocenters. The van der Waals surface area contributed by atoms with Crippen LogP contribution in [0.1, 0.15) is 35.4 Å². The summed E-state index contributed by atoms with van der Waals surface area (Å²) in [5.74, 6) is 0.452. The standard InChI is InChI=1S/C39H35Cl2N5O5/c1-25-21-34(50-23-27-7-3-4-19-42-27)29-8-5-9-33(39(29)44-25)51-24-30-31(40)16-17-32(38(30)41)45(2)37(49)22-43-35(47)18-13-26-11-14-28(15-12-26)46-20-6-10-36(46)48/h3-5,7-9,11-19,21H,6,10,20,22-24H2,1-2H3,(H,43,47)/b18-13+. The molecule has 51 heavy (non-hydrogen) atoms. The Labute approximate surface area is 305 Å². The summed E-state index contributed by atoms with van der Waals surface area (Å²) >= 11 is 13.4. The number of aryl methyl sites for hydroxylation is 1. The smallest absolute Gasteiger partial charge is 0.246 e. The van der Waals surface area contributed by atoms with Gasteiger partial charge in [-0.05, 0) is 73.5 Å². The maximum absolute atomic E-state index is 13.1. The average molecular weight is 725 g/mol. The van der Waals surface area contributed by atoms with E-state index in [9.17, 15) is 14.4 Å². The normalized spacial score (nSPS) is 12.8. The predicted molar refractivity (Wildman–Crippen MR) is 199 cm³/mol. The SMILES string of the molecule is Cc1cc(OCc2ccccn2)c2cccc(OCc3c(Cl)ccc(N(C)C(=O)CNC(=O)/C=C/c4ccc(N5CCCC5=O)cc4)c3Cl)c2n1. The van der Waals surface area contributed by atoms with Crippen molar-refractivity contribution in [2.45, 2.75) is 33.0 Å². The molecule has 6 rings (SSSR count). The van der Waals surface area contributed by atoms with Crippen molar-refractivity contribution in [3.8, 4) is 11.5 Å². The number of amides is 3. The molecule has 3 amide bonds. The fourth-order valence-electron chi connectivity index (χ4n) is 5.64. The number of halogens is 2. The quantitative estimate of drug-likeness (QED) is 0.134. The Bertz CT molecular complexity index is 2110. The van der Waals surface area contributed by atoms with Crippen LogP contribution < -0.4 is 24.6 Å². The second-order valence-corrected chi connectivity index (χ2v) is 12.7. The van der Waals surface area contributed by atoms with Crippen molar-refractivity contribution in [1.82, 2.24) is 15.3 Å². The summed E-state index contributed by atoms with van der Waals surface area (Å²) < 4.78 is 12.3. The lowest BCUT2D eigenvalue weighted by Crippen LogP contribution is -2.37. The zero-order valence-corrected chi connectivity index (χ0v) is 29.6. The van der Waals surface area contributed by atoms with Crippen molar-refractivity contribution < 1.29 is 23.9 Å². The van der Waals surface area contributed by atoms with Gasteiger partial charge in [0.15, 0.2) is 0 Å². The topological polar surface area (TPSA) is 114 Å². The van der Waals surface area contributed by atoms with Crippen molar-refractivity contribution >= 4 is 69.3 Å². The van der Waals surface area contributed by atoms with Gasteiger partial charge in [0, 0.05) is 65.7 Å². The Hall–Kier alpha value is -5.45. The van der Waals surface area contributed by atoms with Gasteiger partial charge in [0.05, 0.1) is 22.9 Å². The fourth-order valence-corrected chi connectivity index (χ4v) is 6.25. The second-order valence-electron chi connectivity index (χ2n) is 11.9. The van der Waals surface area contributed by atoms with E-state index in [1.54, 1.807) is 36.4 Å². The van der Waals surface area contributed by atoms with Crippen molar-refractivity contribution in [3.05, 3.63) is 124 Å². The van der Waals surface area contributed by atoms with Crippen LogP contribution >= 0.6 is 23.2 Å². The average Bonchev–Trinajstić information content (AvgIpc) is 3.57. The fraction of sp³-hybridized carbons (Fsp3) is 0.205. The van der Waals surface area contributed by atoms with Gasteiger partial charge in [0.25, 0.3) is 0 Å². The lowest BCUT2D eigenvalue weighted by atomic mass is 10.1. The molecule has 0 aliphatic carbocycles. The van der Waals surface area contributed by atoms with Crippen LogP contribution in [-0.4, -0.2) is 47.8 Å². The van der Waals surface area contributed by atoms with Gasteiger partial charge in [0.2, 0.25) is 17.7 Å². The number of aromatic nitrogens is 2. The van der Waals surface area contributed by atoms with Gasteiger partial charge in [-0.2, -0.15) is 0 Å². The molecule has 1 aliphatic rings. The number of nitrogens with one attached hydrogen (secondary N) is 1. The number of benzene rings is 3. The minimum Gasteiger partial charge on any atom is -0.487 e. The number of carbonyl (C=O) groups excluding carboxylic acids is 3. The maximum Gasteiger partial charge on any atom is 0.246 e. The Kier molecular flexibility index (Phi) is 11.1. The predicted octanol–water partition coefficient (Wildman–Crippen LogP) is 7.32. The summed E-state index contributed by atoms with van der Waals surface area (Å²) in [5.41, 5.74) is 4.68. The molecular weight excluding hydrogens is 689 g/mol. The number of hydrogen-bond acceptors (Lipinski definition) is 7. The third-order valence-electron chi connectivity index (χ3n) is 8.39. The Morgan fingerprint density at radius 2 is 1.78 bits per heavy atom. The van der Waals surface area contributed by atoms with Crippen LogP contribution in [0.2, 0.25) is 10.0 Å². The van der Waals surface area contributed by atoms with Gasteiger partial charge in [-0.3, -0.25) is 19.4 Å². The van der Waals surface area contributed by atoms with Gasteiger partial charge >= 0.3 is 0 Å². The van der Waals surface area contributed by atoms with E-state index >= 15 is 0 Å². The van der Waals surface area contributed by atoms with Gasteiger partial charge < -0.3 is 24.6 Å². The van der Waals surface area contributed by atoms with Crippen LogP contribution in [0.25, 0.3) is 17.0 Å². The molecule has 0 radical (unpaired) electrons. The van der Waals surface area contributed by atoms with E-state index in [1.807, 2.05) is 73.7 Å². The molecule has 12 heteroatoms. The van der Waals surface area contributed by atoms with Crippen LogP contribution in [-0.2, 0) is 27.6 Å². The van der Waals surface area contributed by atoms with E-state index < -0.39 is 5.91 Å². The molecule has 0 atom stereocenters. The lowest BCUT2D eigenvalue weighted by molar-refractivity contribution is -0.122. The zero-order valence-electron chi connectivity index (χ0n) is 28.1. The first-order valence-corrected chi connectivity index (χ1v) is 17.1. The number of fused-ring (bicyclic) bond motifs is 1. The monoisotopic (exact) mass is 723 g/mol. The summed E-state index contributed by atoms with van der Waals surface area (Å²) in [4.78, 5) is 49.8. The Morgan fingerprint density at radius 3 is 2.53 bits per heavy atom. The number of likely N-dealkylation sites (N-methyl/N-ethyl adjacent to an activating group) is 1. The molecule has 10 nitrogen and oxygen atoms in total. The summed E-state index contributed by atoms with van der Waals surface area (Å²) in [6.45, 7) is 2.64. The molecule has 5 aromatic rings. The number of carbonyl (C=O) groups is 3. The highest BCUT2D eigenvalue weighted by Gasteiger charge is 2.22. The first-order valence-electron chi connectivity index (χ1n) is 16.3. The zero-order chi connectivity index (χ0) is 35.9. The lowest BCUT2D eigenvalue weighted by Gasteiger charge is -2.21. The Balaban J connectivity index is 1.08. The number of rotatable bonds is 12. The van der Waals surface area contributed by atoms with Crippen molar-refractivity contribution in [2.24, 2.45) is 0 Å². The van der Waals surface area contributed by atoms with E-state index in [4.69, 9.17) is 37.7 Å². The van der Waals surface area contributed by atoms with E-state index in [-0.39, 0.29) is 30.0 Å². The van der Waals surface area contributed by atoms with E-state index in [0.717, 1.165) is 34.4 Å². The van der Waals surface area contributed by atoms with Crippen LogP contribution in [0.5, 0.6) is 11.5 Å².